The van der Waals surface area contributed by atoms with Gasteiger partial charge in [-0.15, -0.1) is 11.8 Å². The van der Waals surface area contributed by atoms with Crippen LogP contribution in [-0.4, -0.2) is 51.6 Å². The molecule has 1 aliphatic heterocycles. The summed E-state index contributed by atoms with van der Waals surface area (Å²) in [6.45, 7) is 3.59. The lowest BCUT2D eigenvalue weighted by molar-refractivity contribution is -0.148. The maximum absolute atomic E-state index is 14.0. The zero-order chi connectivity index (χ0) is 21.6. The average Bonchev–Trinajstić information content (AvgIpc) is 2.91. The molecule has 0 spiro atoms. The Kier molecular flexibility index (Phi) is 7.52. The first-order valence-electron chi connectivity index (χ1n) is 9.43. The highest BCUT2D eigenvalue weighted by atomic mass is 19.3. The minimum atomic E-state index is -3.44. The molecule has 1 aromatic rings. The molecule has 1 aromatic carbocycles. The first kappa shape index (κ1) is 22.6. The summed E-state index contributed by atoms with van der Waals surface area (Å²) < 4.78 is 28.0. The maximum atomic E-state index is 14.0. The molecular formula is C22H25F2NO4. The number of carbonyl (C=O) groups is 2. The molecule has 0 bridgehead atoms. The van der Waals surface area contributed by atoms with Crippen molar-refractivity contribution in [2.45, 2.75) is 51.2 Å². The van der Waals surface area contributed by atoms with Gasteiger partial charge in [0, 0.05) is 19.4 Å². The maximum Gasteiger partial charge on any atom is 0.335 e. The van der Waals surface area contributed by atoms with E-state index in [0.29, 0.717) is 12.8 Å². The summed E-state index contributed by atoms with van der Waals surface area (Å²) in [6.07, 6.45) is 2.25. The lowest BCUT2D eigenvalue weighted by atomic mass is 10.00. The van der Waals surface area contributed by atoms with Gasteiger partial charge in [0.25, 0.3) is 5.91 Å². The van der Waals surface area contributed by atoms with Crippen LogP contribution in [0, 0.1) is 17.8 Å². The molecule has 0 saturated carbocycles. The van der Waals surface area contributed by atoms with Crippen molar-refractivity contribution in [1.82, 2.24) is 4.90 Å². The molecule has 156 valence electrons. The Labute approximate surface area is 169 Å². The van der Waals surface area contributed by atoms with Crippen molar-refractivity contribution in [2.24, 2.45) is 5.92 Å². The van der Waals surface area contributed by atoms with Crippen LogP contribution in [0.5, 0.6) is 0 Å². The molecule has 3 atom stereocenters. The molecule has 5 nitrogen and oxygen atoms in total. The standard InChI is InChI=1S/C22H25F2NO4/c1-3-4-5-15(2)19(26)11-10-18-14-22(23,24)21(29)25(18)13-12-16-6-8-17(9-7-16)20(27)28/h6-11,15,18-19,26H,5,12-14H2,1-2H3,(H,27,28)/b11-10+/t15-,18-,19+/m0/s1. The van der Waals surface area contributed by atoms with Crippen LogP contribution < -0.4 is 0 Å². The summed E-state index contributed by atoms with van der Waals surface area (Å²) >= 11 is 0. The number of rotatable bonds is 8. The van der Waals surface area contributed by atoms with E-state index < -0.39 is 36.4 Å². The van der Waals surface area contributed by atoms with Crippen LogP contribution in [-0.2, 0) is 11.2 Å². The predicted octanol–water partition coefficient (Wildman–Crippen LogP) is 3.13. The fourth-order valence-corrected chi connectivity index (χ4v) is 3.14. The summed E-state index contributed by atoms with van der Waals surface area (Å²) in [4.78, 5) is 24.1. The SMILES string of the molecule is CC#CC[C@H](C)[C@H](O)/C=C/[C@H]1CC(F)(F)C(=O)N1CCc1ccc(C(=O)O)cc1. The number of carboxylic acid groups (broad SMARTS) is 1. The van der Waals surface area contributed by atoms with Gasteiger partial charge in [0.05, 0.1) is 17.7 Å². The second-order valence-electron chi connectivity index (χ2n) is 7.21. The second kappa shape index (κ2) is 9.66. The van der Waals surface area contributed by atoms with E-state index >= 15 is 0 Å². The number of aromatic carboxylic acids is 1. The summed E-state index contributed by atoms with van der Waals surface area (Å²) in [5.74, 6) is -0.252. The van der Waals surface area contributed by atoms with Gasteiger partial charge < -0.3 is 15.1 Å². The van der Waals surface area contributed by atoms with Crippen LogP contribution in [0.3, 0.4) is 0 Å². The molecule has 1 fully saturated rings. The molecule has 1 amide bonds. The summed E-state index contributed by atoms with van der Waals surface area (Å²) in [6, 6.07) is 5.27. The summed E-state index contributed by atoms with van der Waals surface area (Å²) in [5.41, 5.74) is 0.877. The van der Waals surface area contributed by atoms with E-state index in [-0.39, 0.29) is 18.0 Å². The quantitative estimate of drug-likeness (QED) is 0.515. The van der Waals surface area contributed by atoms with Crippen LogP contribution in [0.2, 0.25) is 0 Å². The van der Waals surface area contributed by atoms with E-state index in [4.69, 9.17) is 5.11 Å². The Morgan fingerprint density at radius 3 is 2.62 bits per heavy atom. The first-order valence-corrected chi connectivity index (χ1v) is 9.43. The minimum Gasteiger partial charge on any atom is -0.478 e. The Bertz CT molecular complexity index is 823. The number of nitrogens with zero attached hydrogens (tertiary/aromatic N) is 1. The normalized spacial score (nSPS) is 20.4. The summed E-state index contributed by atoms with van der Waals surface area (Å²) in [5, 5.41) is 19.1. The highest BCUT2D eigenvalue weighted by molar-refractivity contribution is 5.87. The Morgan fingerprint density at radius 2 is 2.03 bits per heavy atom. The number of benzene rings is 1. The van der Waals surface area contributed by atoms with Gasteiger partial charge in [0.15, 0.2) is 0 Å². The van der Waals surface area contributed by atoms with Crippen molar-refractivity contribution < 1.29 is 28.6 Å². The van der Waals surface area contributed by atoms with Crippen LogP contribution in [0.25, 0.3) is 0 Å². The van der Waals surface area contributed by atoms with Crippen LogP contribution in [0.15, 0.2) is 36.4 Å². The van der Waals surface area contributed by atoms with Crippen LogP contribution >= 0.6 is 0 Å². The second-order valence-corrected chi connectivity index (χ2v) is 7.21. The number of carbonyl (C=O) groups excluding carboxylic acids is 1. The van der Waals surface area contributed by atoms with E-state index in [1.54, 1.807) is 19.1 Å². The highest BCUT2D eigenvalue weighted by Crippen LogP contribution is 2.34. The van der Waals surface area contributed by atoms with Crippen molar-refractivity contribution in [3.05, 3.63) is 47.5 Å². The average molecular weight is 405 g/mol. The third-order valence-corrected chi connectivity index (χ3v) is 5.00. The van der Waals surface area contributed by atoms with Crippen molar-refractivity contribution >= 4 is 11.9 Å². The van der Waals surface area contributed by atoms with Gasteiger partial charge in [-0.2, -0.15) is 8.78 Å². The number of aliphatic hydroxyl groups is 1. The number of carboxylic acids is 1. The van der Waals surface area contributed by atoms with Gasteiger partial charge in [-0.3, -0.25) is 4.79 Å². The van der Waals surface area contributed by atoms with E-state index in [0.717, 1.165) is 10.5 Å². The van der Waals surface area contributed by atoms with Gasteiger partial charge >= 0.3 is 11.9 Å². The molecule has 0 unspecified atom stereocenters. The Morgan fingerprint density at radius 1 is 1.38 bits per heavy atom. The predicted molar refractivity (Wildman–Crippen MR) is 105 cm³/mol. The largest absolute Gasteiger partial charge is 0.478 e. The smallest absolute Gasteiger partial charge is 0.335 e. The van der Waals surface area contributed by atoms with E-state index in [1.165, 1.54) is 24.3 Å². The van der Waals surface area contributed by atoms with Gasteiger partial charge in [0.1, 0.15) is 0 Å². The van der Waals surface area contributed by atoms with E-state index in [9.17, 15) is 23.5 Å². The van der Waals surface area contributed by atoms with Crippen LogP contribution in [0.1, 0.15) is 42.6 Å². The lowest BCUT2D eigenvalue weighted by Gasteiger charge is -2.22. The number of hydrogen-bond donors (Lipinski definition) is 2. The molecule has 2 N–H and O–H groups in total. The molecular weight excluding hydrogens is 380 g/mol. The number of hydrogen-bond acceptors (Lipinski definition) is 3. The molecule has 2 rings (SSSR count). The van der Waals surface area contributed by atoms with Crippen molar-refractivity contribution in [2.75, 3.05) is 6.54 Å². The molecule has 1 aliphatic rings. The zero-order valence-corrected chi connectivity index (χ0v) is 16.4. The van der Waals surface area contributed by atoms with Gasteiger partial charge in [-0.05, 0) is 37.0 Å². The number of aliphatic hydroxyl groups excluding tert-OH is 1. The zero-order valence-electron chi connectivity index (χ0n) is 16.4. The molecule has 0 aliphatic carbocycles. The molecule has 29 heavy (non-hydrogen) atoms. The Hall–Kier alpha value is -2.72. The van der Waals surface area contributed by atoms with Crippen molar-refractivity contribution in [1.29, 1.82) is 0 Å². The molecule has 1 heterocycles. The summed E-state index contributed by atoms with van der Waals surface area (Å²) in [7, 11) is 0. The van der Waals surface area contributed by atoms with Crippen molar-refractivity contribution in [3.63, 3.8) is 0 Å². The lowest BCUT2D eigenvalue weighted by Crippen LogP contribution is -2.37. The van der Waals surface area contributed by atoms with Crippen LogP contribution in [0.4, 0.5) is 8.78 Å². The monoisotopic (exact) mass is 405 g/mol. The topological polar surface area (TPSA) is 77.8 Å². The number of likely N-dealkylation sites (tertiary alicyclic amines) is 1. The molecule has 7 heteroatoms. The third-order valence-electron chi connectivity index (χ3n) is 5.00. The third kappa shape index (κ3) is 5.88. The molecule has 0 radical (unpaired) electrons. The molecule has 0 aromatic heterocycles. The fraction of sp³-hybridized carbons (Fsp3) is 0.455. The van der Waals surface area contributed by atoms with E-state index in [2.05, 4.69) is 11.8 Å². The number of amides is 1. The van der Waals surface area contributed by atoms with E-state index in [1.807, 2.05) is 6.92 Å². The van der Waals surface area contributed by atoms with Crippen molar-refractivity contribution in [3.8, 4) is 11.8 Å². The Balaban J connectivity index is 2.06. The van der Waals surface area contributed by atoms with Gasteiger partial charge in [-0.1, -0.05) is 31.2 Å². The highest BCUT2D eigenvalue weighted by Gasteiger charge is 2.52. The van der Waals surface area contributed by atoms with Gasteiger partial charge in [-0.25, -0.2) is 4.79 Å². The number of alkyl halides is 2. The first-order chi connectivity index (χ1) is 13.7. The van der Waals surface area contributed by atoms with Gasteiger partial charge in [0.2, 0.25) is 0 Å². The molecule has 1 saturated heterocycles. The number of halogens is 2. The fourth-order valence-electron chi connectivity index (χ4n) is 3.14. The minimum absolute atomic E-state index is 0.0722.